The van der Waals surface area contributed by atoms with Crippen molar-refractivity contribution in [1.82, 2.24) is 19.4 Å². The van der Waals surface area contributed by atoms with E-state index in [4.69, 9.17) is 4.74 Å². The fourth-order valence-electron chi connectivity index (χ4n) is 3.61. The van der Waals surface area contributed by atoms with Gasteiger partial charge in [0.25, 0.3) is 5.56 Å². The van der Waals surface area contributed by atoms with Crippen LogP contribution < -0.4 is 5.56 Å². The van der Waals surface area contributed by atoms with E-state index in [1.165, 1.54) is 4.57 Å². The van der Waals surface area contributed by atoms with Gasteiger partial charge in [-0.15, -0.1) is 0 Å². The van der Waals surface area contributed by atoms with Crippen LogP contribution in [-0.4, -0.2) is 71.2 Å². The van der Waals surface area contributed by atoms with Gasteiger partial charge in [-0.05, 0) is 31.8 Å². The number of nitrogens with zero attached hydrogens (tertiary/aromatic N) is 4. The summed E-state index contributed by atoms with van der Waals surface area (Å²) in [6, 6.07) is 0.553. The van der Waals surface area contributed by atoms with Crippen molar-refractivity contribution in [2.24, 2.45) is 5.92 Å². The number of piperidine rings is 1. The van der Waals surface area contributed by atoms with Gasteiger partial charge in [-0.1, -0.05) is 0 Å². The molecule has 1 aromatic rings. The number of hydrogen-bond acceptors (Lipinski definition) is 5. The van der Waals surface area contributed by atoms with Crippen molar-refractivity contribution >= 4 is 5.91 Å². The first-order chi connectivity index (χ1) is 13.3. The highest BCUT2D eigenvalue weighted by Crippen LogP contribution is 2.26. The number of ether oxygens (including phenoxy) is 1. The number of amides is 1. The van der Waals surface area contributed by atoms with E-state index in [9.17, 15) is 22.8 Å². The maximum atomic E-state index is 12.6. The van der Waals surface area contributed by atoms with E-state index in [-0.39, 0.29) is 11.8 Å². The largest absolute Gasteiger partial charge is 0.433 e. The van der Waals surface area contributed by atoms with Gasteiger partial charge >= 0.3 is 6.18 Å². The van der Waals surface area contributed by atoms with Crippen molar-refractivity contribution in [1.29, 1.82) is 0 Å². The molecule has 2 aliphatic rings. The summed E-state index contributed by atoms with van der Waals surface area (Å²) in [5.74, 6) is 0.349. The van der Waals surface area contributed by atoms with Gasteiger partial charge in [0, 0.05) is 32.2 Å². The smallest absolute Gasteiger partial charge is 0.379 e. The average molecular weight is 402 g/mol. The molecule has 2 fully saturated rings. The van der Waals surface area contributed by atoms with E-state index in [0.717, 1.165) is 38.8 Å². The molecule has 0 bridgehead atoms. The van der Waals surface area contributed by atoms with E-state index in [0.29, 0.717) is 45.3 Å². The molecule has 1 amide bonds. The quantitative estimate of drug-likeness (QED) is 0.741. The zero-order valence-electron chi connectivity index (χ0n) is 15.7. The molecule has 10 heteroatoms. The molecular formula is C18H25F3N4O3. The molecule has 2 aliphatic heterocycles. The first-order valence-corrected chi connectivity index (χ1v) is 9.54. The Morgan fingerprint density at radius 3 is 2.54 bits per heavy atom. The number of halogens is 3. The zero-order chi connectivity index (χ0) is 20.1. The van der Waals surface area contributed by atoms with Crippen LogP contribution in [0.15, 0.2) is 17.2 Å². The number of aromatic nitrogens is 2. The van der Waals surface area contributed by atoms with Crippen LogP contribution >= 0.6 is 0 Å². The Bertz CT molecular complexity index is 730. The van der Waals surface area contributed by atoms with Crippen LogP contribution in [0.4, 0.5) is 13.2 Å². The molecule has 0 radical (unpaired) electrons. The Morgan fingerprint density at radius 2 is 1.86 bits per heavy atom. The predicted octanol–water partition coefficient (Wildman–Crippen LogP) is 1.22. The summed E-state index contributed by atoms with van der Waals surface area (Å²) >= 11 is 0. The molecule has 0 saturated carbocycles. The summed E-state index contributed by atoms with van der Waals surface area (Å²) in [5, 5.41) is 0. The third-order valence-corrected chi connectivity index (χ3v) is 5.34. The van der Waals surface area contributed by atoms with E-state index in [1.807, 2.05) is 4.90 Å². The number of hydrogen-bond donors (Lipinski definition) is 0. The number of alkyl halides is 3. The van der Waals surface area contributed by atoms with Gasteiger partial charge in [0.15, 0.2) is 5.69 Å². The molecule has 2 saturated heterocycles. The Hall–Kier alpha value is -1.94. The van der Waals surface area contributed by atoms with Crippen LogP contribution in [0.5, 0.6) is 0 Å². The van der Waals surface area contributed by atoms with E-state index in [1.54, 1.807) is 0 Å². The highest BCUT2D eigenvalue weighted by atomic mass is 19.4. The molecule has 156 valence electrons. The molecule has 0 unspecified atom stereocenters. The van der Waals surface area contributed by atoms with E-state index in [2.05, 4.69) is 9.88 Å². The number of rotatable bonds is 5. The Labute approximate surface area is 161 Å². The summed E-state index contributed by atoms with van der Waals surface area (Å²) in [6.45, 7) is 5.20. The second kappa shape index (κ2) is 9.04. The highest BCUT2D eigenvalue weighted by molar-refractivity contribution is 5.76. The van der Waals surface area contributed by atoms with Gasteiger partial charge in [-0.2, -0.15) is 13.2 Å². The topological polar surface area (TPSA) is 67.7 Å². The second-order valence-corrected chi connectivity index (χ2v) is 7.29. The fourth-order valence-corrected chi connectivity index (χ4v) is 3.61. The zero-order valence-corrected chi connectivity index (χ0v) is 15.7. The van der Waals surface area contributed by atoms with Crippen LogP contribution in [-0.2, 0) is 22.3 Å². The first kappa shape index (κ1) is 20.8. The molecule has 3 heterocycles. The number of carbonyl (C=O) groups excluding carboxylic acids is 1. The lowest BCUT2D eigenvalue weighted by Gasteiger charge is -2.33. The fraction of sp³-hybridized carbons (Fsp3) is 0.722. The highest BCUT2D eigenvalue weighted by Gasteiger charge is 2.33. The van der Waals surface area contributed by atoms with E-state index >= 15 is 0 Å². The van der Waals surface area contributed by atoms with Gasteiger partial charge in [0.05, 0.1) is 26.0 Å². The maximum absolute atomic E-state index is 12.6. The van der Waals surface area contributed by atoms with Crippen molar-refractivity contribution in [2.75, 3.05) is 45.9 Å². The lowest BCUT2D eigenvalue weighted by atomic mass is 9.96. The van der Waals surface area contributed by atoms with Gasteiger partial charge in [0.2, 0.25) is 5.91 Å². The maximum Gasteiger partial charge on any atom is 0.433 e. The predicted molar refractivity (Wildman–Crippen MR) is 94.7 cm³/mol. The summed E-state index contributed by atoms with van der Waals surface area (Å²) < 4.78 is 44.4. The minimum Gasteiger partial charge on any atom is -0.379 e. The summed E-state index contributed by atoms with van der Waals surface area (Å²) in [7, 11) is 0. The lowest BCUT2D eigenvalue weighted by Crippen LogP contribution is -2.42. The summed E-state index contributed by atoms with van der Waals surface area (Å²) in [4.78, 5) is 31.4. The second-order valence-electron chi connectivity index (χ2n) is 7.29. The normalized spacial score (nSPS) is 20.4. The molecule has 3 rings (SSSR count). The molecule has 0 atom stereocenters. The van der Waals surface area contributed by atoms with Crippen molar-refractivity contribution in [3.63, 3.8) is 0 Å². The summed E-state index contributed by atoms with van der Waals surface area (Å²) in [6.07, 6.45) is -1.48. The van der Waals surface area contributed by atoms with Gasteiger partial charge in [0.1, 0.15) is 0 Å². The standard InChI is InChI=1S/C18H25F3N4O3/c19-18(20,21)15-11-17(27)25(13-22-15)12-14-1-4-23(5-2-14)6-7-24-8-10-28-9-3-16(24)26/h11,13-14H,1-10,12H2. The molecule has 0 spiro atoms. The first-order valence-electron chi connectivity index (χ1n) is 9.54. The van der Waals surface area contributed by atoms with Crippen LogP contribution in [0.2, 0.25) is 0 Å². The van der Waals surface area contributed by atoms with Crippen molar-refractivity contribution in [2.45, 2.75) is 32.0 Å². The van der Waals surface area contributed by atoms with Crippen molar-refractivity contribution < 1.29 is 22.7 Å². The Morgan fingerprint density at radius 1 is 1.11 bits per heavy atom. The average Bonchev–Trinajstić information content (AvgIpc) is 2.86. The summed E-state index contributed by atoms with van der Waals surface area (Å²) in [5.41, 5.74) is -1.83. The SMILES string of the molecule is O=C1CCOCCN1CCN1CCC(Cn2cnc(C(F)(F)F)cc2=O)CC1. The molecule has 1 aromatic heterocycles. The number of carbonyl (C=O) groups is 1. The van der Waals surface area contributed by atoms with Gasteiger partial charge in [-0.25, -0.2) is 4.98 Å². The minimum atomic E-state index is -4.61. The molecule has 7 nitrogen and oxygen atoms in total. The van der Waals surface area contributed by atoms with Crippen LogP contribution in [0.3, 0.4) is 0 Å². The number of likely N-dealkylation sites (tertiary alicyclic amines) is 1. The van der Waals surface area contributed by atoms with Crippen LogP contribution in [0.1, 0.15) is 25.0 Å². The van der Waals surface area contributed by atoms with E-state index < -0.39 is 17.4 Å². The molecule has 0 aromatic carbocycles. The third kappa shape index (κ3) is 5.54. The van der Waals surface area contributed by atoms with Crippen molar-refractivity contribution in [3.05, 3.63) is 28.4 Å². The Kier molecular flexibility index (Phi) is 6.71. The third-order valence-electron chi connectivity index (χ3n) is 5.34. The minimum absolute atomic E-state index is 0.126. The lowest BCUT2D eigenvalue weighted by molar-refractivity contribution is -0.141. The van der Waals surface area contributed by atoms with Gasteiger partial charge in [-0.3, -0.25) is 14.2 Å². The molecule has 28 heavy (non-hydrogen) atoms. The van der Waals surface area contributed by atoms with Crippen LogP contribution in [0, 0.1) is 5.92 Å². The molecular weight excluding hydrogens is 377 g/mol. The monoisotopic (exact) mass is 402 g/mol. The van der Waals surface area contributed by atoms with Crippen LogP contribution in [0.25, 0.3) is 0 Å². The van der Waals surface area contributed by atoms with Crippen molar-refractivity contribution in [3.8, 4) is 0 Å². The Balaban J connectivity index is 1.45. The molecule has 0 N–H and O–H groups in total. The molecule has 0 aliphatic carbocycles. The van der Waals surface area contributed by atoms with Gasteiger partial charge < -0.3 is 14.5 Å².